The van der Waals surface area contributed by atoms with Crippen molar-refractivity contribution in [2.45, 2.75) is 36.8 Å². The van der Waals surface area contributed by atoms with Crippen LogP contribution in [0, 0.1) is 5.92 Å². The van der Waals surface area contributed by atoms with Crippen molar-refractivity contribution in [3.8, 4) is 0 Å². The van der Waals surface area contributed by atoms with Crippen molar-refractivity contribution >= 4 is 34.2 Å². The second-order valence-corrected chi connectivity index (χ2v) is 8.83. The summed E-state index contributed by atoms with van der Waals surface area (Å²) in [7, 11) is 0. The van der Waals surface area contributed by atoms with Crippen LogP contribution in [0.15, 0.2) is 60.7 Å². The average molecular weight is 522 g/mol. The highest BCUT2D eigenvalue weighted by Gasteiger charge is 2.37. The van der Waals surface area contributed by atoms with E-state index in [4.69, 9.17) is 9.57 Å². The van der Waals surface area contributed by atoms with Gasteiger partial charge < -0.3 is 4.74 Å². The van der Waals surface area contributed by atoms with Gasteiger partial charge in [-0.15, -0.1) is 0 Å². The number of nitrogens with zero attached hydrogens (tertiary/aromatic N) is 2. The Bertz CT molecular complexity index is 775. The third-order valence-electron chi connectivity index (χ3n) is 5.46. The van der Waals surface area contributed by atoms with Crippen molar-refractivity contribution in [1.29, 1.82) is 0 Å². The minimum Gasteiger partial charge on any atom is -0.376 e. The number of ether oxygens (including phenoxy) is 1. The standard InChI is InChI=1S/C24H31IN2O3/c1-3-29-23-21(18-30-27(19(2)28)22-12-8-5-9-13-22)15-17-26(24(23)25)16-14-20-10-6-4-7-11-20/h4-13,21,23-24H,3,14-18H2,1-2H3. The van der Waals surface area contributed by atoms with Crippen molar-refractivity contribution < 1.29 is 14.4 Å². The van der Waals surface area contributed by atoms with E-state index in [1.807, 2.05) is 37.3 Å². The van der Waals surface area contributed by atoms with Gasteiger partial charge in [0, 0.05) is 26.0 Å². The summed E-state index contributed by atoms with van der Waals surface area (Å²) in [6, 6.07) is 20.1. The SMILES string of the molecule is CCOC1C(CON(C(C)=O)c2ccccc2)CCN(CCc2ccccc2)C1I. The quantitative estimate of drug-likeness (QED) is 0.207. The van der Waals surface area contributed by atoms with Crippen molar-refractivity contribution in [2.75, 3.05) is 31.4 Å². The summed E-state index contributed by atoms with van der Waals surface area (Å²) in [5.74, 6) is 0.117. The fourth-order valence-electron chi connectivity index (χ4n) is 3.87. The van der Waals surface area contributed by atoms with Crippen LogP contribution in [0.3, 0.4) is 0 Å². The van der Waals surface area contributed by atoms with E-state index >= 15 is 0 Å². The Labute approximate surface area is 193 Å². The summed E-state index contributed by atoms with van der Waals surface area (Å²) < 4.78 is 6.43. The molecule has 3 unspecified atom stereocenters. The number of para-hydroxylation sites is 1. The first-order valence-electron chi connectivity index (χ1n) is 10.6. The molecule has 1 amide bonds. The lowest BCUT2D eigenvalue weighted by molar-refractivity contribution is -0.126. The second-order valence-electron chi connectivity index (χ2n) is 7.56. The lowest BCUT2D eigenvalue weighted by Gasteiger charge is -2.42. The zero-order chi connectivity index (χ0) is 21.3. The third kappa shape index (κ3) is 6.26. The monoisotopic (exact) mass is 522 g/mol. The van der Waals surface area contributed by atoms with Crippen LogP contribution in [-0.4, -0.2) is 47.3 Å². The maximum atomic E-state index is 12.1. The van der Waals surface area contributed by atoms with Crippen LogP contribution in [0.5, 0.6) is 0 Å². The molecule has 0 bridgehead atoms. The van der Waals surface area contributed by atoms with Crippen LogP contribution in [0.4, 0.5) is 5.69 Å². The van der Waals surface area contributed by atoms with E-state index < -0.39 is 0 Å². The number of amides is 1. The van der Waals surface area contributed by atoms with E-state index in [1.54, 1.807) is 0 Å². The Balaban J connectivity index is 1.60. The second kappa shape index (κ2) is 11.8. The van der Waals surface area contributed by atoms with Crippen LogP contribution in [0.25, 0.3) is 0 Å². The van der Waals surface area contributed by atoms with Gasteiger partial charge in [0.1, 0.15) is 0 Å². The van der Waals surface area contributed by atoms with Gasteiger partial charge in [0.2, 0.25) is 5.91 Å². The highest BCUT2D eigenvalue weighted by molar-refractivity contribution is 14.1. The molecule has 1 fully saturated rings. The maximum absolute atomic E-state index is 12.1. The van der Waals surface area contributed by atoms with Gasteiger partial charge in [-0.05, 0) is 44.0 Å². The molecule has 5 nitrogen and oxygen atoms in total. The van der Waals surface area contributed by atoms with Gasteiger partial charge in [0.25, 0.3) is 0 Å². The number of hydrogen-bond donors (Lipinski definition) is 0. The number of carbonyl (C=O) groups excluding carboxylic acids is 1. The van der Waals surface area contributed by atoms with Gasteiger partial charge in [-0.3, -0.25) is 14.5 Å². The van der Waals surface area contributed by atoms with E-state index in [0.29, 0.717) is 13.2 Å². The average Bonchev–Trinajstić information content (AvgIpc) is 2.76. The van der Waals surface area contributed by atoms with Crippen molar-refractivity contribution in [2.24, 2.45) is 5.92 Å². The van der Waals surface area contributed by atoms with E-state index in [1.165, 1.54) is 17.6 Å². The molecule has 162 valence electrons. The Kier molecular flexibility index (Phi) is 9.11. The molecule has 0 saturated carbocycles. The number of halogens is 1. The number of alkyl halides is 1. The molecule has 3 rings (SSSR count). The number of likely N-dealkylation sites (tertiary alicyclic amines) is 1. The van der Waals surface area contributed by atoms with E-state index in [0.717, 1.165) is 31.6 Å². The van der Waals surface area contributed by atoms with Gasteiger partial charge in [0.15, 0.2) is 0 Å². The fourth-order valence-corrected chi connectivity index (χ4v) is 5.22. The first-order valence-corrected chi connectivity index (χ1v) is 11.9. The zero-order valence-electron chi connectivity index (χ0n) is 17.7. The number of hydrogen-bond acceptors (Lipinski definition) is 4. The van der Waals surface area contributed by atoms with E-state index in [2.05, 4.69) is 57.8 Å². The highest BCUT2D eigenvalue weighted by Crippen LogP contribution is 2.31. The van der Waals surface area contributed by atoms with Crippen LogP contribution in [-0.2, 0) is 20.8 Å². The number of piperidine rings is 1. The summed E-state index contributed by atoms with van der Waals surface area (Å²) in [5, 5.41) is 1.40. The molecular weight excluding hydrogens is 491 g/mol. The number of hydroxylamine groups is 1. The Morgan fingerprint density at radius 1 is 1.13 bits per heavy atom. The summed E-state index contributed by atoms with van der Waals surface area (Å²) in [6.07, 6.45) is 2.09. The van der Waals surface area contributed by atoms with Gasteiger partial charge in [-0.2, -0.15) is 5.06 Å². The molecule has 0 aliphatic carbocycles. The summed E-state index contributed by atoms with van der Waals surface area (Å²) in [6.45, 7) is 6.71. The molecule has 2 aromatic rings. The first kappa shape index (κ1) is 23.2. The molecule has 30 heavy (non-hydrogen) atoms. The molecule has 3 atom stereocenters. The topological polar surface area (TPSA) is 42.0 Å². The van der Waals surface area contributed by atoms with E-state index in [-0.39, 0.29) is 22.0 Å². The minimum absolute atomic E-state index is 0.0738. The van der Waals surface area contributed by atoms with E-state index in [9.17, 15) is 4.79 Å². The molecule has 1 saturated heterocycles. The smallest absolute Gasteiger partial charge is 0.247 e. The number of carbonyl (C=O) groups is 1. The molecule has 1 aliphatic heterocycles. The molecule has 0 N–H and O–H groups in total. The van der Waals surface area contributed by atoms with Crippen LogP contribution in [0.1, 0.15) is 25.8 Å². The predicted molar refractivity (Wildman–Crippen MR) is 129 cm³/mol. The van der Waals surface area contributed by atoms with Crippen LogP contribution < -0.4 is 5.06 Å². The van der Waals surface area contributed by atoms with Gasteiger partial charge in [-0.25, -0.2) is 0 Å². The lowest BCUT2D eigenvalue weighted by atomic mass is 9.94. The van der Waals surface area contributed by atoms with Crippen LogP contribution in [0.2, 0.25) is 0 Å². The summed E-state index contributed by atoms with van der Waals surface area (Å²) >= 11 is 2.51. The van der Waals surface area contributed by atoms with Gasteiger partial charge >= 0.3 is 0 Å². The first-order chi connectivity index (χ1) is 14.6. The van der Waals surface area contributed by atoms with Gasteiger partial charge in [-0.1, -0.05) is 71.1 Å². The highest BCUT2D eigenvalue weighted by atomic mass is 127. The Hall–Kier alpha value is -1.48. The lowest BCUT2D eigenvalue weighted by Crippen LogP contribution is -2.52. The fraction of sp³-hybridized carbons (Fsp3) is 0.458. The largest absolute Gasteiger partial charge is 0.376 e. The molecule has 0 aromatic heterocycles. The van der Waals surface area contributed by atoms with Crippen molar-refractivity contribution in [3.63, 3.8) is 0 Å². The zero-order valence-corrected chi connectivity index (χ0v) is 19.9. The molecular formula is C24H31IN2O3. The van der Waals surface area contributed by atoms with Crippen molar-refractivity contribution in [3.05, 3.63) is 66.2 Å². The molecule has 0 spiro atoms. The maximum Gasteiger partial charge on any atom is 0.247 e. The normalized spacial score (nSPS) is 22.0. The molecule has 2 aromatic carbocycles. The number of anilines is 1. The molecule has 0 radical (unpaired) electrons. The Morgan fingerprint density at radius 3 is 2.43 bits per heavy atom. The Morgan fingerprint density at radius 2 is 1.80 bits per heavy atom. The number of rotatable bonds is 9. The van der Waals surface area contributed by atoms with Crippen molar-refractivity contribution in [1.82, 2.24) is 4.90 Å². The summed E-state index contributed by atoms with van der Waals surface area (Å²) in [5.41, 5.74) is 2.11. The number of benzene rings is 2. The molecule has 1 heterocycles. The van der Waals surface area contributed by atoms with Crippen LogP contribution >= 0.6 is 22.6 Å². The minimum atomic E-state index is -0.125. The van der Waals surface area contributed by atoms with Gasteiger partial charge in [0.05, 0.1) is 22.4 Å². The molecule has 1 aliphatic rings. The summed E-state index contributed by atoms with van der Waals surface area (Å²) in [4.78, 5) is 20.6. The third-order valence-corrected chi connectivity index (χ3v) is 6.95. The molecule has 6 heteroatoms. The predicted octanol–water partition coefficient (Wildman–Crippen LogP) is 4.70.